The Kier molecular flexibility index (Phi) is 13.2. The van der Waals surface area contributed by atoms with Gasteiger partial charge in [-0.1, -0.05) is 17.7 Å². The minimum atomic E-state index is -1.84. The minimum absolute atomic E-state index is 0.0678. The van der Waals surface area contributed by atoms with Gasteiger partial charge in [-0.05, 0) is 19.1 Å². The summed E-state index contributed by atoms with van der Waals surface area (Å²) in [6.07, 6.45) is -14.0. The molecule has 8 atom stereocenters. The first kappa shape index (κ1) is 29.6. The Bertz CT molecular complexity index is 620. The largest absolute Gasteiger partial charge is 0.492 e. The second-order valence-corrected chi connectivity index (χ2v) is 8.02. The van der Waals surface area contributed by atoms with Gasteiger partial charge in [-0.15, -0.1) is 0 Å². The van der Waals surface area contributed by atoms with Crippen molar-refractivity contribution in [1.29, 1.82) is 0 Å². The number of hydrogen-bond acceptors (Lipinski definition) is 12. The van der Waals surface area contributed by atoms with E-state index >= 15 is 0 Å². The average molecular weight is 480 g/mol. The maximum atomic E-state index is 10.3. The summed E-state index contributed by atoms with van der Waals surface area (Å²) in [5, 5.41) is 97.1. The highest BCUT2D eigenvalue weighted by molar-refractivity contribution is 5.26. The molecule has 1 aromatic rings. The van der Waals surface area contributed by atoms with E-state index in [4.69, 9.17) is 14.9 Å². The van der Waals surface area contributed by atoms with E-state index in [-0.39, 0.29) is 26.2 Å². The van der Waals surface area contributed by atoms with Gasteiger partial charge < -0.3 is 55.8 Å². The number of aryl methyl sites for hydroxylation is 1. The fraction of sp³-hybridized carbons (Fsp3) is 0.714. The van der Waals surface area contributed by atoms with Crippen LogP contribution in [0.4, 0.5) is 0 Å². The molecule has 0 aliphatic rings. The van der Waals surface area contributed by atoms with E-state index < -0.39 is 62.0 Å². The molecule has 1 aromatic carbocycles. The Balaban J connectivity index is 2.82. The summed E-state index contributed by atoms with van der Waals surface area (Å²) in [5.41, 5.74) is 1.03. The van der Waals surface area contributed by atoms with Crippen LogP contribution < -0.4 is 4.74 Å². The Labute approximate surface area is 192 Å². The van der Waals surface area contributed by atoms with Gasteiger partial charge in [0.2, 0.25) is 0 Å². The van der Waals surface area contributed by atoms with E-state index in [1.165, 1.54) is 4.90 Å². The van der Waals surface area contributed by atoms with Crippen molar-refractivity contribution in [1.82, 2.24) is 4.90 Å². The average Bonchev–Trinajstić information content (AvgIpc) is 2.81. The predicted molar refractivity (Wildman–Crippen MR) is 115 cm³/mol. The number of rotatable bonds is 16. The van der Waals surface area contributed by atoms with Gasteiger partial charge in [0, 0.05) is 19.6 Å². The summed E-state index contributed by atoms with van der Waals surface area (Å²) in [6, 6.07) is 7.18. The van der Waals surface area contributed by atoms with Crippen molar-refractivity contribution in [3.8, 4) is 5.75 Å². The molecule has 0 saturated carbocycles. The highest BCUT2D eigenvalue weighted by Gasteiger charge is 2.34. The zero-order valence-corrected chi connectivity index (χ0v) is 18.5. The third-order valence-corrected chi connectivity index (χ3v) is 5.24. The quantitative estimate of drug-likeness (QED) is 0.109. The van der Waals surface area contributed by atoms with Crippen LogP contribution in [-0.2, 0) is 0 Å². The summed E-state index contributed by atoms with van der Waals surface area (Å²) in [5.74, 6) is 0.560. The smallest absolute Gasteiger partial charge is 0.119 e. The van der Waals surface area contributed by atoms with E-state index in [1.807, 2.05) is 19.1 Å². The number of benzene rings is 1. The molecule has 0 spiro atoms. The van der Waals surface area contributed by atoms with Crippen LogP contribution in [0.25, 0.3) is 0 Å². The summed E-state index contributed by atoms with van der Waals surface area (Å²) in [6.45, 7) is -0.331. The zero-order valence-electron chi connectivity index (χ0n) is 18.5. The maximum Gasteiger partial charge on any atom is 0.119 e. The van der Waals surface area contributed by atoms with Gasteiger partial charge in [0.05, 0.1) is 25.4 Å². The SMILES string of the molecule is Cc1ccc(OCCN(C[C@H](O)[C@@H](O)[C@H](O)[C@@H](O)CO)C[C@H](O)[C@@H](O)[C@H](O)C(O)CO)cc1. The van der Waals surface area contributed by atoms with Crippen LogP contribution in [0.15, 0.2) is 24.3 Å². The molecule has 0 bridgehead atoms. The molecule has 12 nitrogen and oxygen atoms in total. The molecule has 0 aromatic heterocycles. The molecule has 0 radical (unpaired) electrons. The number of nitrogens with zero attached hydrogens (tertiary/aromatic N) is 1. The third-order valence-electron chi connectivity index (χ3n) is 5.24. The van der Waals surface area contributed by atoms with Gasteiger partial charge in [0.25, 0.3) is 0 Å². The number of hydrogen-bond donors (Lipinski definition) is 10. The van der Waals surface area contributed by atoms with Crippen molar-refractivity contribution >= 4 is 0 Å². The zero-order chi connectivity index (χ0) is 25.1. The Morgan fingerprint density at radius 1 is 0.667 bits per heavy atom. The van der Waals surface area contributed by atoms with Crippen LogP contribution >= 0.6 is 0 Å². The van der Waals surface area contributed by atoms with Crippen molar-refractivity contribution in [2.75, 3.05) is 39.5 Å². The van der Waals surface area contributed by atoms with Crippen LogP contribution in [0.2, 0.25) is 0 Å². The van der Waals surface area contributed by atoms with Gasteiger partial charge >= 0.3 is 0 Å². The molecular weight excluding hydrogens is 442 g/mol. The normalized spacial score (nSPS) is 19.4. The molecular formula is C21H37NO11. The van der Waals surface area contributed by atoms with E-state index in [0.717, 1.165) is 5.56 Å². The minimum Gasteiger partial charge on any atom is -0.492 e. The fourth-order valence-electron chi connectivity index (χ4n) is 3.06. The van der Waals surface area contributed by atoms with Crippen molar-refractivity contribution in [3.05, 3.63) is 29.8 Å². The highest BCUT2D eigenvalue weighted by Crippen LogP contribution is 2.13. The molecule has 1 rings (SSSR count). The standard InChI is InChI=1S/C21H37NO11/c1-12-2-4-13(5-3-12)33-7-6-22(8-14(25)18(29)20(31)16(27)10-23)9-15(26)19(30)21(32)17(28)11-24/h2-5,14-21,23-32H,6-11H2,1H3/t14-,15-,16-,17?,18+,19+,20+,21+/m0/s1. The Morgan fingerprint density at radius 2 is 1.06 bits per heavy atom. The Hall–Kier alpha value is -1.42. The highest BCUT2D eigenvalue weighted by atomic mass is 16.5. The molecule has 0 saturated heterocycles. The summed E-state index contributed by atoms with van der Waals surface area (Å²) in [4.78, 5) is 1.37. The lowest BCUT2D eigenvalue weighted by molar-refractivity contribution is -0.130. The molecule has 0 fully saturated rings. The summed E-state index contributed by atoms with van der Waals surface area (Å²) in [7, 11) is 0. The van der Waals surface area contributed by atoms with E-state index in [2.05, 4.69) is 0 Å². The molecule has 0 heterocycles. The summed E-state index contributed by atoms with van der Waals surface area (Å²) >= 11 is 0. The first-order valence-electron chi connectivity index (χ1n) is 10.6. The molecule has 1 unspecified atom stereocenters. The molecule has 33 heavy (non-hydrogen) atoms. The molecule has 12 heteroatoms. The second kappa shape index (κ2) is 14.8. The monoisotopic (exact) mass is 479 g/mol. The van der Waals surface area contributed by atoms with Gasteiger partial charge in [-0.2, -0.15) is 0 Å². The lowest BCUT2D eigenvalue weighted by Gasteiger charge is -2.33. The van der Waals surface area contributed by atoms with Crippen molar-refractivity contribution in [2.45, 2.75) is 55.8 Å². The van der Waals surface area contributed by atoms with Crippen molar-refractivity contribution in [2.24, 2.45) is 0 Å². The maximum absolute atomic E-state index is 10.3. The number of aliphatic hydroxyl groups is 10. The number of ether oxygens (including phenoxy) is 1. The van der Waals surface area contributed by atoms with E-state index in [1.54, 1.807) is 12.1 Å². The molecule has 10 N–H and O–H groups in total. The van der Waals surface area contributed by atoms with E-state index in [0.29, 0.717) is 5.75 Å². The van der Waals surface area contributed by atoms with Crippen LogP contribution in [0.3, 0.4) is 0 Å². The lowest BCUT2D eigenvalue weighted by Crippen LogP contribution is -2.53. The topological polar surface area (TPSA) is 215 Å². The van der Waals surface area contributed by atoms with Crippen LogP contribution in [0.5, 0.6) is 5.75 Å². The van der Waals surface area contributed by atoms with Gasteiger partial charge in [0.15, 0.2) is 0 Å². The first-order chi connectivity index (χ1) is 15.5. The predicted octanol–water partition coefficient (Wildman–Crippen LogP) is -4.45. The van der Waals surface area contributed by atoms with Crippen LogP contribution in [0.1, 0.15) is 5.56 Å². The van der Waals surface area contributed by atoms with E-state index in [9.17, 15) is 40.9 Å². The Morgan fingerprint density at radius 3 is 1.45 bits per heavy atom. The first-order valence-corrected chi connectivity index (χ1v) is 10.6. The fourth-order valence-corrected chi connectivity index (χ4v) is 3.06. The molecule has 0 amide bonds. The van der Waals surface area contributed by atoms with Crippen molar-refractivity contribution in [3.63, 3.8) is 0 Å². The molecule has 192 valence electrons. The van der Waals surface area contributed by atoms with Crippen molar-refractivity contribution < 1.29 is 55.8 Å². The van der Waals surface area contributed by atoms with Gasteiger partial charge in [-0.25, -0.2) is 0 Å². The van der Waals surface area contributed by atoms with Crippen LogP contribution in [0, 0.1) is 6.92 Å². The third kappa shape index (κ3) is 9.76. The second-order valence-electron chi connectivity index (χ2n) is 8.02. The van der Waals surface area contributed by atoms with Gasteiger partial charge in [0.1, 0.15) is 49.0 Å². The summed E-state index contributed by atoms with van der Waals surface area (Å²) < 4.78 is 5.61. The van der Waals surface area contributed by atoms with Crippen LogP contribution in [-0.4, -0.2) is 144 Å². The molecule has 0 aliphatic heterocycles. The lowest BCUT2D eigenvalue weighted by atomic mass is 10.0. The molecule has 0 aliphatic carbocycles. The number of aliphatic hydroxyl groups excluding tert-OH is 10. The van der Waals surface area contributed by atoms with Gasteiger partial charge in [-0.3, -0.25) is 4.90 Å².